The molecule has 2 rings (SSSR count). The van der Waals surface area contributed by atoms with Gasteiger partial charge < -0.3 is 15.4 Å². The van der Waals surface area contributed by atoms with Crippen molar-refractivity contribution < 1.29 is 9.53 Å². The fourth-order valence-electron chi connectivity index (χ4n) is 2.33. The number of hydrogen-bond donors (Lipinski definition) is 1. The molecule has 0 bridgehead atoms. The first-order valence-corrected chi connectivity index (χ1v) is 8.53. The van der Waals surface area contributed by atoms with E-state index in [1.807, 2.05) is 10.3 Å². The van der Waals surface area contributed by atoms with Crippen molar-refractivity contribution >= 4 is 17.2 Å². The molecule has 2 N–H and O–H groups in total. The van der Waals surface area contributed by atoms with Crippen LogP contribution in [-0.4, -0.2) is 48.1 Å². The minimum absolute atomic E-state index is 0.0180. The highest BCUT2D eigenvalue weighted by molar-refractivity contribution is 7.09. The lowest BCUT2D eigenvalue weighted by molar-refractivity contribution is 0.0482. The molecule has 1 atom stereocenters. The molecule has 0 saturated carbocycles. The van der Waals surface area contributed by atoms with Crippen LogP contribution >= 0.6 is 11.3 Å². The first kappa shape index (κ1) is 16.4. The zero-order chi connectivity index (χ0) is 15.2. The second-order valence-electron chi connectivity index (χ2n) is 5.88. The molecule has 5 nitrogen and oxygen atoms in total. The van der Waals surface area contributed by atoms with E-state index in [1.54, 1.807) is 0 Å². The Morgan fingerprint density at radius 3 is 3.14 bits per heavy atom. The molecule has 1 amide bonds. The molecule has 0 aromatic carbocycles. The van der Waals surface area contributed by atoms with Crippen molar-refractivity contribution in [2.45, 2.75) is 39.2 Å². The maximum Gasteiger partial charge on any atom is 0.273 e. The van der Waals surface area contributed by atoms with Gasteiger partial charge in [0.05, 0.1) is 11.1 Å². The Morgan fingerprint density at radius 1 is 1.62 bits per heavy atom. The van der Waals surface area contributed by atoms with Crippen molar-refractivity contribution in [3.8, 4) is 0 Å². The van der Waals surface area contributed by atoms with E-state index in [0.29, 0.717) is 24.7 Å². The van der Waals surface area contributed by atoms with Crippen LogP contribution in [0.2, 0.25) is 0 Å². The van der Waals surface area contributed by atoms with Crippen molar-refractivity contribution in [1.82, 2.24) is 9.88 Å². The van der Waals surface area contributed by atoms with E-state index in [4.69, 9.17) is 10.5 Å². The fraction of sp³-hybridized carbons (Fsp3) is 0.733. The zero-order valence-corrected chi connectivity index (χ0v) is 13.7. The normalized spacial score (nSPS) is 18.7. The van der Waals surface area contributed by atoms with Crippen LogP contribution in [-0.2, 0) is 11.2 Å². The van der Waals surface area contributed by atoms with Crippen molar-refractivity contribution in [3.63, 3.8) is 0 Å². The number of likely N-dealkylation sites (tertiary alicyclic amines) is 1. The van der Waals surface area contributed by atoms with Crippen LogP contribution in [0, 0.1) is 5.92 Å². The Morgan fingerprint density at radius 2 is 2.43 bits per heavy atom. The number of rotatable bonds is 7. The summed E-state index contributed by atoms with van der Waals surface area (Å²) in [6.45, 7) is 7.16. The van der Waals surface area contributed by atoms with Crippen molar-refractivity contribution in [3.05, 3.63) is 16.1 Å². The van der Waals surface area contributed by atoms with E-state index in [-0.39, 0.29) is 12.0 Å². The van der Waals surface area contributed by atoms with Gasteiger partial charge in [-0.25, -0.2) is 4.98 Å². The predicted molar refractivity (Wildman–Crippen MR) is 84.6 cm³/mol. The van der Waals surface area contributed by atoms with E-state index >= 15 is 0 Å². The van der Waals surface area contributed by atoms with Crippen LogP contribution in [0.15, 0.2) is 5.38 Å². The maximum atomic E-state index is 12.4. The molecule has 118 valence electrons. The van der Waals surface area contributed by atoms with Gasteiger partial charge in [0, 0.05) is 31.5 Å². The lowest BCUT2D eigenvalue weighted by atomic mass is 10.1. The lowest BCUT2D eigenvalue weighted by Gasteiger charge is -2.16. The van der Waals surface area contributed by atoms with E-state index in [0.717, 1.165) is 37.4 Å². The van der Waals surface area contributed by atoms with Crippen molar-refractivity contribution in [2.75, 3.05) is 26.2 Å². The van der Waals surface area contributed by atoms with E-state index < -0.39 is 0 Å². The van der Waals surface area contributed by atoms with Gasteiger partial charge >= 0.3 is 0 Å². The third kappa shape index (κ3) is 4.76. The van der Waals surface area contributed by atoms with Gasteiger partial charge in [0.1, 0.15) is 5.69 Å². The number of carbonyl (C=O) groups is 1. The molecule has 1 saturated heterocycles. The Labute approximate surface area is 130 Å². The summed E-state index contributed by atoms with van der Waals surface area (Å²) in [7, 11) is 0. The van der Waals surface area contributed by atoms with Gasteiger partial charge in [-0.1, -0.05) is 13.8 Å². The van der Waals surface area contributed by atoms with E-state index in [2.05, 4.69) is 18.8 Å². The van der Waals surface area contributed by atoms with Crippen LogP contribution in [0.3, 0.4) is 0 Å². The number of ether oxygens (including phenoxy) is 1. The second-order valence-corrected chi connectivity index (χ2v) is 6.82. The molecule has 1 aromatic heterocycles. The first-order chi connectivity index (χ1) is 10.1. The number of amides is 1. The van der Waals surface area contributed by atoms with Crippen molar-refractivity contribution in [2.24, 2.45) is 11.7 Å². The maximum absolute atomic E-state index is 12.4. The molecular weight excluding hydrogens is 286 g/mol. The summed E-state index contributed by atoms with van der Waals surface area (Å²) in [5, 5.41) is 2.77. The number of carbonyl (C=O) groups excluding carboxylic acids is 1. The van der Waals surface area contributed by atoms with Gasteiger partial charge in [-0.05, 0) is 25.3 Å². The topological polar surface area (TPSA) is 68.5 Å². The average molecular weight is 311 g/mol. The van der Waals surface area contributed by atoms with Gasteiger partial charge in [-0.3, -0.25) is 4.79 Å². The second kappa shape index (κ2) is 7.87. The van der Waals surface area contributed by atoms with Gasteiger partial charge in [0.25, 0.3) is 5.91 Å². The summed E-state index contributed by atoms with van der Waals surface area (Å²) in [6, 6.07) is 0. The number of hydrogen-bond acceptors (Lipinski definition) is 5. The fourth-order valence-corrected chi connectivity index (χ4v) is 3.12. The standard InChI is InChI=1S/C15H25N3O2S/c1-11(2)5-8-20-12-4-7-18(9-12)15(19)13-10-21-14(17-13)3-6-16/h10-12H,3-9,16H2,1-2H3. The summed E-state index contributed by atoms with van der Waals surface area (Å²) >= 11 is 1.51. The van der Waals surface area contributed by atoms with Crippen LogP contribution in [0.4, 0.5) is 0 Å². The summed E-state index contributed by atoms with van der Waals surface area (Å²) in [4.78, 5) is 18.6. The van der Waals surface area contributed by atoms with Crippen LogP contribution in [0.1, 0.15) is 42.2 Å². The molecule has 1 aliphatic heterocycles. The third-order valence-electron chi connectivity index (χ3n) is 3.61. The van der Waals surface area contributed by atoms with Gasteiger partial charge in [0.15, 0.2) is 0 Å². The summed E-state index contributed by atoms with van der Waals surface area (Å²) in [6.07, 6.45) is 2.90. The molecule has 1 aromatic rings. The van der Waals surface area contributed by atoms with Gasteiger partial charge in [0.2, 0.25) is 0 Å². The smallest absolute Gasteiger partial charge is 0.273 e. The minimum Gasteiger partial charge on any atom is -0.376 e. The highest BCUT2D eigenvalue weighted by atomic mass is 32.1. The molecule has 1 unspecified atom stereocenters. The minimum atomic E-state index is 0.0180. The Hall–Kier alpha value is -0.980. The molecule has 21 heavy (non-hydrogen) atoms. The molecule has 0 radical (unpaired) electrons. The Kier molecular flexibility index (Phi) is 6.14. The monoisotopic (exact) mass is 311 g/mol. The highest BCUT2D eigenvalue weighted by Crippen LogP contribution is 2.18. The number of nitrogens with two attached hydrogens (primary N) is 1. The summed E-state index contributed by atoms with van der Waals surface area (Å²) < 4.78 is 5.85. The molecule has 2 heterocycles. The molecule has 1 fully saturated rings. The van der Waals surface area contributed by atoms with Gasteiger partial charge in [-0.2, -0.15) is 0 Å². The molecule has 0 aliphatic carbocycles. The summed E-state index contributed by atoms with van der Waals surface area (Å²) in [5.41, 5.74) is 6.06. The number of aromatic nitrogens is 1. The van der Waals surface area contributed by atoms with Crippen LogP contribution in [0.25, 0.3) is 0 Å². The third-order valence-corrected chi connectivity index (χ3v) is 4.52. The van der Waals surface area contributed by atoms with Crippen LogP contribution in [0.5, 0.6) is 0 Å². The quantitative estimate of drug-likeness (QED) is 0.835. The molecule has 0 spiro atoms. The van der Waals surface area contributed by atoms with E-state index in [1.165, 1.54) is 11.3 Å². The lowest BCUT2D eigenvalue weighted by Crippen LogP contribution is -2.30. The van der Waals surface area contributed by atoms with Crippen molar-refractivity contribution in [1.29, 1.82) is 0 Å². The largest absolute Gasteiger partial charge is 0.376 e. The van der Waals surface area contributed by atoms with E-state index in [9.17, 15) is 4.79 Å². The van der Waals surface area contributed by atoms with Crippen LogP contribution < -0.4 is 5.73 Å². The number of thiazole rings is 1. The molecule has 1 aliphatic rings. The predicted octanol–water partition coefficient (Wildman–Crippen LogP) is 1.92. The first-order valence-electron chi connectivity index (χ1n) is 7.65. The molecule has 6 heteroatoms. The average Bonchev–Trinajstić information content (AvgIpc) is 3.07. The highest BCUT2D eigenvalue weighted by Gasteiger charge is 2.28. The molecular formula is C15H25N3O2S. The number of nitrogens with zero attached hydrogens (tertiary/aromatic N) is 2. The SMILES string of the molecule is CC(C)CCOC1CCN(C(=O)c2csc(CCN)n2)C1. The zero-order valence-electron chi connectivity index (χ0n) is 12.9. The van der Waals surface area contributed by atoms with Gasteiger partial charge in [-0.15, -0.1) is 11.3 Å². The Balaban J connectivity index is 1.81. The Bertz CT molecular complexity index is 462. The summed E-state index contributed by atoms with van der Waals surface area (Å²) in [5.74, 6) is 0.671.